The van der Waals surface area contributed by atoms with Crippen molar-refractivity contribution in [2.45, 2.75) is 45.6 Å². The molecule has 0 spiro atoms. The summed E-state index contributed by atoms with van der Waals surface area (Å²) in [5.41, 5.74) is 0.413. The molecule has 3 rings (SSSR count). The SMILES string of the molecule is COC(=O)C(Cn1ccc2cccnc21)N(C(=O)OCc1ccccc1)C(=O)OC(C)(C)C. The lowest BCUT2D eigenvalue weighted by molar-refractivity contribution is -0.146. The molecule has 2 amide bonds. The molecular formula is C24H27N3O6. The third-order valence-corrected chi connectivity index (χ3v) is 4.67. The van der Waals surface area contributed by atoms with Crippen LogP contribution < -0.4 is 0 Å². The second-order valence-electron chi connectivity index (χ2n) is 8.31. The summed E-state index contributed by atoms with van der Waals surface area (Å²) in [7, 11) is 1.18. The maximum Gasteiger partial charge on any atom is 0.420 e. The number of imide groups is 1. The molecular weight excluding hydrogens is 426 g/mol. The van der Waals surface area contributed by atoms with Crippen LogP contribution in [0.5, 0.6) is 0 Å². The fraction of sp³-hybridized carbons (Fsp3) is 0.333. The van der Waals surface area contributed by atoms with E-state index in [2.05, 4.69) is 4.98 Å². The number of methoxy groups -OCH3 is 1. The van der Waals surface area contributed by atoms with Gasteiger partial charge in [-0.2, -0.15) is 4.90 Å². The topological polar surface area (TPSA) is 100.0 Å². The summed E-state index contributed by atoms with van der Waals surface area (Å²) in [6, 6.07) is 13.1. The average Bonchev–Trinajstić information content (AvgIpc) is 3.19. The number of carbonyl (C=O) groups is 3. The van der Waals surface area contributed by atoms with Crippen LogP contribution in [-0.2, 0) is 32.2 Å². The molecule has 0 saturated carbocycles. The van der Waals surface area contributed by atoms with E-state index in [9.17, 15) is 14.4 Å². The highest BCUT2D eigenvalue weighted by Gasteiger charge is 2.40. The number of nitrogens with zero attached hydrogens (tertiary/aromatic N) is 3. The molecule has 2 aromatic heterocycles. The molecule has 9 nitrogen and oxygen atoms in total. The lowest BCUT2D eigenvalue weighted by Crippen LogP contribution is -2.52. The molecule has 3 aromatic rings. The van der Waals surface area contributed by atoms with Gasteiger partial charge in [-0.05, 0) is 44.5 Å². The average molecular weight is 453 g/mol. The Morgan fingerprint density at radius 2 is 1.76 bits per heavy atom. The van der Waals surface area contributed by atoms with Crippen molar-refractivity contribution in [2.75, 3.05) is 7.11 Å². The van der Waals surface area contributed by atoms with E-state index in [-0.39, 0.29) is 13.2 Å². The van der Waals surface area contributed by atoms with Gasteiger partial charge in [-0.15, -0.1) is 0 Å². The summed E-state index contributed by atoms with van der Waals surface area (Å²) in [6.45, 7) is 4.81. The maximum atomic E-state index is 13.1. The van der Waals surface area contributed by atoms with Crippen molar-refractivity contribution in [3.8, 4) is 0 Å². The number of ether oxygens (including phenoxy) is 3. The van der Waals surface area contributed by atoms with Gasteiger partial charge in [-0.25, -0.2) is 19.4 Å². The minimum absolute atomic E-state index is 0.0825. The molecule has 33 heavy (non-hydrogen) atoms. The van der Waals surface area contributed by atoms with Crippen molar-refractivity contribution < 1.29 is 28.6 Å². The van der Waals surface area contributed by atoms with Gasteiger partial charge in [-0.3, -0.25) is 0 Å². The predicted octanol–water partition coefficient (Wildman–Crippen LogP) is 4.15. The first kappa shape index (κ1) is 23.8. The van der Waals surface area contributed by atoms with Crippen LogP contribution in [0, 0.1) is 0 Å². The van der Waals surface area contributed by atoms with Gasteiger partial charge in [-0.1, -0.05) is 30.3 Å². The second-order valence-corrected chi connectivity index (χ2v) is 8.31. The predicted molar refractivity (Wildman–Crippen MR) is 120 cm³/mol. The van der Waals surface area contributed by atoms with Gasteiger partial charge < -0.3 is 18.8 Å². The van der Waals surface area contributed by atoms with Crippen molar-refractivity contribution in [1.82, 2.24) is 14.5 Å². The van der Waals surface area contributed by atoms with Gasteiger partial charge in [0.1, 0.15) is 17.9 Å². The third kappa shape index (κ3) is 6.09. The van der Waals surface area contributed by atoms with Gasteiger partial charge in [0.05, 0.1) is 13.7 Å². The second kappa shape index (κ2) is 10.2. The molecule has 0 aliphatic heterocycles. The number of fused-ring (bicyclic) bond motifs is 1. The first-order valence-corrected chi connectivity index (χ1v) is 10.4. The molecule has 174 valence electrons. The van der Waals surface area contributed by atoms with Crippen LogP contribution in [0.15, 0.2) is 60.9 Å². The highest BCUT2D eigenvalue weighted by molar-refractivity contribution is 5.94. The van der Waals surface area contributed by atoms with Gasteiger partial charge in [0.2, 0.25) is 0 Å². The van der Waals surface area contributed by atoms with Crippen LogP contribution in [0.2, 0.25) is 0 Å². The largest absolute Gasteiger partial charge is 0.467 e. The number of pyridine rings is 1. The Morgan fingerprint density at radius 3 is 2.42 bits per heavy atom. The van der Waals surface area contributed by atoms with Crippen LogP contribution in [-0.4, -0.2) is 51.4 Å². The van der Waals surface area contributed by atoms with Crippen LogP contribution in [0.1, 0.15) is 26.3 Å². The summed E-state index contributed by atoms with van der Waals surface area (Å²) < 4.78 is 17.4. The highest BCUT2D eigenvalue weighted by atomic mass is 16.6. The Hall–Kier alpha value is -3.88. The lowest BCUT2D eigenvalue weighted by atomic mass is 10.2. The molecule has 0 aliphatic rings. The first-order chi connectivity index (χ1) is 15.7. The Labute approximate surface area is 191 Å². The van der Waals surface area contributed by atoms with E-state index in [1.165, 1.54) is 7.11 Å². The summed E-state index contributed by atoms with van der Waals surface area (Å²) in [5.74, 6) is -0.796. The summed E-state index contributed by atoms with van der Waals surface area (Å²) >= 11 is 0. The minimum Gasteiger partial charge on any atom is -0.467 e. The number of rotatable bonds is 6. The number of esters is 1. The molecule has 0 saturated heterocycles. The highest BCUT2D eigenvalue weighted by Crippen LogP contribution is 2.19. The molecule has 2 heterocycles. The number of amides is 2. The minimum atomic E-state index is -1.34. The molecule has 0 aliphatic carbocycles. The molecule has 1 aromatic carbocycles. The number of carbonyl (C=O) groups excluding carboxylic acids is 3. The van der Waals surface area contributed by atoms with E-state index >= 15 is 0 Å². The fourth-order valence-corrected chi connectivity index (χ4v) is 3.18. The van der Waals surface area contributed by atoms with Gasteiger partial charge in [0.25, 0.3) is 0 Å². The summed E-state index contributed by atoms with van der Waals surface area (Å²) in [5, 5.41) is 0.844. The third-order valence-electron chi connectivity index (χ3n) is 4.67. The van der Waals surface area contributed by atoms with E-state index in [1.807, 2.05) is 18.2 Å². The van der Waals surface area contributed by atoms with Crippen LogP contribution in [0.25, 0.3) is 11.0 Å². The molecule has 1 unspecified atom stereocenters. The van der Waals surface area contributed by atoms with Gasteiger partial charge in [0.15, 0.2) is 6.04 Å². The van der Waals surface area contributed by atoms with Crippen molar-refractivity contribution >= 4 is 29.2 Å². The van der Waals surface area contributed by atoms with E-state index in [1.54, 1.807) is 68.1 Å². The number of benzene rings is 1. The van der Waals surface area contributed by atoms with E-state index in [0.717, 1.165) is 10.9 Å². The molecule has 0 N–H and O–H groups in total. The molecule has 1 atom stereocenters. The standard InChI is InChI=1S/C24H27N3O6/c1-24(2,3)33-23(30)27(22(29)32-16-17-9-6-5-7-10-17)19(21(28)31-4)15-26-14-12-18-11-8-13-25-20(18)26/h5-14,19H,15-16H2,1-4H3. The summed E-state index contributed by atoms with van der Waals surface area (Å²) in [4.78, 5) is 43.8. The molecule has 0 bridgehead atoms. The lowest BCUT2D eigenvalue weighted by Gasteiger charge is -2.30. The zero-order chi connectivity index (χ0) is 24.0. The van der Waals surface area contributed by atoms with Crippen LogP contribution >= 0.6 is 0 Å². The van der Waals surface area contributed by atoms with Crippen molar-refractivity contribution in [3.05, 3.63) is 66.5 Å². The normalized spacial score (nSPS) is 12.1. The fourth-order valence-electron chi connectivity index (χ4n) is 3.18. The monoisotopic (exact) mass is 453 g/mol. The van der Waals surface area contributed by atoms with Gasteiger partial charge >= 0.3 is 18.2 Å². The van der Waals surface area contributed by atoms with E-state index in [0.29, 0.717) is 10.5 Å². The van der Waals surface area contributed by atoms with Crippen LogP contribution in [0.3, 0.4) is 0 Å². The van der Waals surface area contributed by atoms with Crippen molar-refractivity contribution in [2.24, 2.45) is 0 Å². The molecule has 0 radical (unpaired) electrons. The van der Waals surface area contributed by atoms with Crippen LogP contribution in [0.4, 0.5) is 9.59 Å². The molecule has 0 fully saturated rings. The zero-order valence-electron chi connectivity index (χ0n) is 19.1. The van der Waals surface area contributed by atoms with Crippen molar-refractivity contribution in [1.29, 1.82) is 0 Å². The summed E-state index contributed by atoms with van der Waals surface area (Å²) in [6.07, 6.45) is 1.30. The smallest absolute Gasteiger partial charge is 0.420 e. The number of aromatic nitrogens is 2. The van der Waals surface area contributed by atoms with E-state index in [4.69, 9.17) is 14.2 Å². The van der Waals surface area contributed by atoms with E-state index < -0.39 is 29.8 Å². The Morgan fingerprint density at radius 1 is 1.03 bits per heavy atom. The van der Waals surface area contributed by atoms with Gasteiger partial charge in [0, 0.05) is 17.8 Å². The Balaban J connectivity index is 1.93. The Kier molecular flexibility index (Phi) is 7.32. The Bertz CT molecular complexity index is 1120. The maximum absolute atomic E-state index is 13.1. The zero-order valence-corrected chi connectivity index (χ0v) is 19.1. The first-order valence-electron chi connectivity index (χ1n) is 10.4. The van der Waals surface area contributed by atoms with Crippen molar-refractivity contribution in [3.63, 3.8) is 0 Å². The molecule has 9 heteroatoms. The number of hydrogen-bond acceptors (Lipinski definition) is 7. The number of hydrogen-bond donors (Lipinski definition) is 0. The quantitative estimate of drug-likeness (QED) is 0.408.